The lowest BCUT2D eigenvalue weighted by Gasteiger charge is -2.37. The fraction of sp³-hybridized carbons (Fsp3) is 0.538. The van der Waals surface area contributed by atoms with Gasteiger partial charge in [-0.15, -0.1) is 0 Å². The van der Waals surface area contributed by atoms with E-state index in [0.29, 0.717) is 0 Å². The van der Waals surface area contributed by atoms with Crippen LogP contribution in [0.5, 0.6) is 5.75 Å². The van der Waals surface area contributed by atoms with Crippen molar-refractivity contribution >= 4 is 5.91 Å². The molecule has 5 nitrogen and oxygen atoms in total. The van der Waals surface area contributed by atoms with Gasteiger partial charge in [-0.05, 0) is 55.0 Å². The van der Waals surface area contributed by atoms with Crippen LogP contribution in [-0.2, 0) is 16.6 Å². The molecular weight excluding hydrogens is 386 g/mol. The van der Waals surface area contributed by atoms with E-state index >= 15 is 0 Å². The standard InChI is InChI=1S/C26H37N3O2/c1-20(31-24-11-9-21(10-12-24)26(2,3)4)25(30)28(5)23-14-18-29(19-15-23)17-13-22-8-6-7-16-27-22/h6-12,16,20,23H,13-15,17-19H2,1-5H3. The highest BCUT2D eigenvalue weighted by atomic mass is 16.5. The van der Waals surface area contributed by atoms with Crippen LogP contribution in [0.25, 0.3) is 0 Å². The van der Waals surface area contributed by atoms with E-state index in [9.17, 15) is 4.79 Å². The largest absolute Gasteiger partial charge is 0.481 e. The Morgan fingerprint density at radius 3 is 2.42 bits per heavy atom. The first kappa shape index (κ1) is 23.3. The van der Waals surface area contributed by atoms with Crippen LogP contribution in [0.1, 0.15) is 51.8 Å². The van der Waals surface area contributed by atoms with Gasteiger partial charge in [0.1, 0.15) is 5.75 Å². The molecule has 0 bridgehead atoms. The van der Waals surface area contributed by atoms with Crippen molar-refractivity contribution < 1.29 is 9.53 Å². The maximum atomic E-state index is 12.9. The van der Waals surface area contributed by atoms with Gasteiger partial charge in [-0.1, -0.05) is 39.0 Å². The zero-order chi connectivity index (χ0) is 22.4. The van der Waals surface area contributed by atoms with Gasteiger partial charge in [-0.3, -0.25) is 9.78 Å². The molecule has 2 aromatic rings. The van der Waals surface area contributed by atoms with Crippen LogP contribution in [0.2, 0.25) is 0 Å². The summed E-state index contributed by atoms with van der Waals surface area (Å²) in [6, 6.07) is 14.4. The Hall–Kier alpha value is -2.40. The van der Waals surface area contributed by atoms with Crippen molar-refractivity contribution in [3.05, 3.63) is 59.9 Å². The third-order valence-electron chi connectivity index (χ3n) is 6.24. The lowest BCUT2D eigenvalue weighted by atomic mass is 9.87. The number of hydrogen-bond acceptors (Lipinski definition) is 4. The first-order valence-corrected chi connectivity index (χ1v) is 11.4. The summed E-state index contributed by atoms with van der Waals surface area (Å²) >= 11 is 0. The number of carbonyl (C=O) groups excluding carboxylic acids is 1. The molecule has 1 unspecified atom stereocenters. The highest BCUT2D eigenvalue weighted by Gasteiger charge is 2.28. The summed E-state index contributed by atoms with van der Waals surface area (Å²) in [5.74, 6) is 0.790. The maximum absolute atomic E-state index is 12.9. The minimum absolute atomic E-state index is 0.0480. The van der Waals surface area contributed by atoms with Gasteiger partial charge < -0.3 is 14.5 Å². The van der Waals surface area contributed by atoms with Crippen molar-refractivity contribution in [2.75, 3.05) is 26.7 Å². The molecule has 3 rings (SSSR count). The minimum atomic E-state index is -0.493. The molecule has 168 valence electrons. The molecule has 2 heterocycles. The van der Waals surface area contributed by atoms with Gasteiger partial charge in [0.25, 0.3) is 5.91 Å². The zero-order valence-electron chi connectivity index (χ0n) is 19.7. The third kappa shape index (κ3) is 6.54. The average molecular weight is 424 g/mol. The molecule has 1 aliphatic rings. The van der Waals surface area contributed by atoms with Crippen molar-refractivity contribution in [3.8, 4) is 5.75 Å². The van der Waals surface area contributed by atoms with E-state index in [1.54, 1.807) is 0 Å². The molecule has 5 heteroatoms. The normalized spacial score (nSPS) is 16.7. The monoisotopic (exact) mass is 423 g/mol. The second-order valence-corrected chi connectivity index (χ2v) is 9.63. The molecule has 0 radical (unpaired) electrons. The smallest absolute Gasteiger partial charge is 0.263 e. The van der Waals surface area contributed by atoms with Crippen LogP contribution in [0.4, 0.5) is 0 Å². The minimum Gasteiger partial charge on any atom is -0.481 e. The quantitative estimate of drug-likeness (QED) is 0.666. The molecule has 0 saturated carbocycles. The van der Waals surface area contributed by atoms with Crippen LogP contribution in [-0.4, -0.2) is 59.5 Å². The van der Waals surface area contributed by atoms with Crippen LogP contribution >= 0.6 is 0 Å². The first-order valence-electron chi connectivity index (χ1n) is 11.4. The van der Waals surface area contributed by atoms with Crippen molar-refractivity contribution in [2.24, 2.45) is 0 Å². The number of likely N-dealkylation sites (N-methyl/N-ethyl adjacent to an activating group) is 1. The number of carbonyl (C=O) groups is 1. The van der Waals surface area contributed by atoms with E-state index in [2.05, 4.69) is 48.9 Å². The number of likely N-dealkylation sites (tertiary alicyclic amines) is 1. The molecule has 1 aromatic heterocycles. The molecule has 0 N–H and O–H groups in total. The number of pyridine rings is 1. The number of amides is 1. The molecule has 1 atom stereocenters. The second-order valence-electron chi connectivity index (χ2n) is 9.63. The summed E-state index contributed by atoms with van der Waals surface area (Å²) in [5, 5.41) is 0. The van der Waals surface area contributed by atoms with E-state index in [4.69, 9.17) is 4.74 Å². The van der Waals surface area contributed by atoms with Gasteiger partial charge >= 0.3 is 0 Å². The van der Waals surface area contributed by atoms with E-state index in [0.717, 1.165) is 50.3 Å². The van der Waals surface area contributed by atoms with E-state index in [-0.39, 0.29) is 17.4 Å². The van der Waals surface area contributed by atoms with Crippen molar-refractivity contribution in [1.82, 2.24) is 14.8 Å². The van der Waals surface area contributed by atoms with Crippen LogP contribution in [0, 0.1) is 0 Å². The average Bonchev–Trinajstić information content (AvgIpc) is 2.77. The van der Waals surface area contributed by atoms with Gasteiger partial charge in [0.05, 0.1) is 0 Å². The van der Waals surface area contributed by atoms with Gasteiger partial charge in [0.15, 0.2) is 6.10 Å². The number of benzene rings is 1. The van der Waals surface area contributed by atoms with Gasteiger partial charge in [0, 0.05) is 51.0 Å². The van der Waals surface area contributed by atoms with Crippen molar-refractivity contribution in [2.45, 2.75) is 64.5 Å². The highest BCUT2D eigenvalue weighted by molar-refractivity contribution is 5.81. The molecule has 1 amide bonds. The Morgan fingerprint density at radius 2 is 1.84 bits per heavy atom. The Labute approximate surface area is 187 Å². The predicted molar refractivity (Wildman–Crippen MR) is 125 cm³/mol. The Balaban J connectivity index is 1.45. The molecule has 1 fully saturated rings. The number of ether oxygens (including phenoxy) is 1. The number of hydrogen-bond donors (Lipinski definition) is 0. The van der Waals surface area contributed by atoms with Crippen LogP contribution in [0.3, 0.4) is 0 Å². The fourth-order valence-electron chi connectivity index (χ4n) is 4.10. The van der Waals surface area contributed by atoms with Crippen LogP contribution < -0.4 is 4.74 Å². The molecular formula is C26H37N3O2. The van der Waals surface area contributed by atoms with Crippen LogP contribution in [0.15, 0.2) is 48.7 Å². The lowest BCUT2D eigenvalue weighted by molar-refractivity contribution is -0.139. The Bertz CT molecular complexity index is 822. The summed E-state index contributed by atoms with van der Waals surface area (Å²) in [5.41, 5.74) is 2.50. The Kier molecular flexibility index (Phi) is 7.71. The number of nitrogens with zero attached hydrogens (tertiary/aromatic N) is 3. The van der Waals surface area contributed by atoms with Crippen molar-refractivity contribution in [3.63, 3.8) is 0 Å². The fourth-order valence-corrected chi connectivity index (χ4v) is 4.10. The number of aromatic nitrogens is 1. The first-order chi connectivity index (χ1) is 14.7. The number of piperidine rings is 1. The lowest BCUT2D eigenvalue weighted by Crippen LogP contribution is -2.49. The maximum Gasteiger partial charge on any atom is 0.263 e. The molecule has 31 heavy (non-hydrogen) atoms. The van der Waals surface area contributed by atoms with Crippen molar-refractivity contribution in [1.29, 1.82) is 0 Å². The molecule has 0 spiro atoms. The molecule has 1 aliphatic heterocycles. The molecule has 0 aliphatic carbocycles. The molecule has 1 aromatic carbocycles. The highest BCUT2D eigenvalue weighted by Crippen LogP contribution is 2.25. The second kappa shape index (κ2) is 10.3. The SMILES string of the molecule is CC(Oc1ccc(C(C)(C)C)cc1)C(=O)N(C)C1CCN(CCc2ccccn2)CC1. The van der Waals surface area contributed by atoms with E-state index < -0.39 is 6.10 Å². The van der Waals surface area contributed by atoms with E-state index in [1.807, 2.05) is 49.3 Å². The summed E-state index contributed by atoms with van der Waals surface area (Å²) in [4.78, 5) is 21.7. The summed E-state index contributed by atoms with van der Waals surface area (Å²) in [7, 11) is 1.92. The summed E-state index contributed by atoms with van der Waals surface area (Å²) < 4.78 is 5.96. The predicted octanol–water partition coefficient (Wildman–Crippen LogP) is 4.31. The van der Waals surface area contributed by atoms with Gasteiger partial charge in [-0.25, -0.2) is 0 Å². The summed E-state index contributed by atoms with van der Waals surface area (Å²) in [6.07, 6.45) is 4.32. The topological polar surface area (TPSA) is 45.7 Å². The molecule has 1 saturated heterocycles. The Morgan fingerprint density at radius 1 is 1.16 bits per heavy atom. The zero-order valence-corrected chi connectivity index (χ0v) is 19.7. The van der Waals surface area contributed by atoms with Gasteiger partial charge in [-0.2, -0.15) is 0 Å². The summed E-state index contributed by atoms with van der Waals surface area (Å²) in [6.45, 7) is 11.5. The third-order valence-corrected chi connectivity index (χ3v) is 6.24. The van der Waals surface area contributed by atoms with Gasteiger partial charge in [0.2, 0.25) is 0 Å². The van der Waals surface area contributed by atoms with E-state index in [1.165, 1.54) is 5.56 Å². The number of rotatable bonds is 7.